The number of likely N-dealkylation sites (N-methyl/N-ethyl adjacent to an activating group) is 1. The van der Waals surface area contributed by atoms with Crippen molar-refractivity contribution in [3.05, 3.63) is 23.9 Å². The first-order valence-electron chi connectivity index (χ1n) is 8.11. The van der Waals surface area contributed by atoms with Gasteiger partial charge in [0.25, 0.3) is 0 Å². The van der Waals surface area contributed by atoms with Gasteiger partial charge in [-0.1, -0.05) is 6.92 Å². The number of nitrogens with zero attached hydrogens (tertiary/aromatic N) is 1. The molecule has 3 N–H and O–H groups in total. The second-order valence-corrected chi connectivity index (χ2v) is 6.31. The summed E-state index contributed by atoms with van der Waals surface area (Å²) in [7, 11) is 2.04. The number of anilines is 1. The maximum Gasteiger partial charge on any atom is 0.123 e. The fourth-order valence-electron chi connectivity index (χ4n) is 3.54. The summed E-state index contributed by atoms with van der Waals surface area (Å²) in [5, 5.41) is 3.49. The molecular weight excluding hydrogens is 262 g/mol. The summed E-state index contributed by atoms with van der Waals surface area (Å²) in [6, 6.07) is 4.33. The molecule has 0 spiro atoms. The summed E-state index contributed by atoms with van der Waals surface area (Å²) in [6.45, 7) is 5.20. The highest BCUT2D eigenvalue weighted by Crippen LogP contribution is 2.38. The van der Waals surface area contributed by atoms with E-state index >= 15 is 0 Å². The molecule has 4 nitrogen and oxygen atoms in total. The zero-order chi connectivity index (χ0) is 15.3. The Morgan fingerprint density at radius 3 is 2.76 bits per heavy atom. The van der Waals surface area contributed by atoms with Crippen molar-refractivity contribution in [1.29, 1.82) is 0 Å². The number of rotatable bonds is 6. The number of pyridine rings is 1. The lowest BCUT2D eigenvalue weighted by molar-refractivity contribution is -0.0947. The van der Waals surface area contributed by atoms with Crippen LogP contribution in [0.4, 0.5) is 5.82 Å². The van der Waals surface area contributed by atoms with Crippen LogP contribution in [0.3, 0.4) is 0 Å². The van der Waals surface area contributed by atoms with E-state index in [0.29, 0.717) is 11.9 Å². The number of ether oxygens (including phenoxy) is 1. The highest BCUT2D eigenvalue weighted by atomic mass is 16.5. The van der Waals surface area contributed by atoms with Gasteiger partial charge in [0.15, 0.2) is 0 Å². The van der Waals surface area contributed by atoms with E-state index in [1.807, 2.05) is 19.2 Å². The molecule has 1 aliphatic carbocycles. The normalized spacial score (nSPS) is 27.5. The fourth-order valence-corrected chi connectivity index (χ4v) is 3.54. The third-order valence-corrected chi connectivity index (χ3v) is 4.82. The number of hydrogen-bond acceptors (Lipinski definition) is 4. The van der Waals surface area contributed by atoms with Crippen LogP contribution in [-0.4, -0.2) is 30.3 Å². The average Bonchev–Trinajstić information content (AvgIpc) is 2.48. The minimum Gasteiger partial charge on any atom is -0.384 e. The number of nitrogen functional groups attached to an aromatic ring is 1. The molecule has 0 amide bonds. The lowest BCUT2D eigenvalue weighted by Gasteiger charge is -2.45. The van der Waals surface area contributed by atoms with E-state index in [0.717, 1.165) is 31.8 Å². The summed E-state index contributed by atoms with van der Waals surface area (Å²) in [6.07, 6.45) is 7.47. The van der Waals surface area contributed by atoms with E-state index in [4.69, 9.17) is 10.5 Å². The van der Waals surface area contributed by atoms with E-state index in [1.165, 1.54) is 18.4 Å². The van der Waals surface area contributed by atoms with Gasteiger partial charge in [-0.05, 0) is 69.7 Å². The lowest BCUT2D eigenvalue weighted by Crippen LogP contribution is -2.54. The Morgan fingerprint density at radius 1 is 1.48 bits per heavy atom. The van der Waals surface area contributed by atoms with Crippen molar-refractivity contribution in [1.82, 2.24) is 10.3 Å². The van der Waals surface area contributed by atoms with Crippen LogP contribution in [0.15, 0.2) is 18.3 Å². The highest BCUT2D eigenvalue weighted by molar-refractivity contribution is 5.32. The number of hydrogen-bond donors (Lipinski definition) is 2. The molecule has 1 heterocycles. The van der Waals surface area contributed by atoms with Gasteiger partial charge in [-0.25, -0.2) is 4.98 Å². The SMILES string of the molecule is CCOC1(C(Cc2ccnc(N)c2)NC)CCC(C)CC1. The standard InChI is InChI=1S/C17H29N3O/c1-4-21-17(8-5-13(2)6-9-17)15(19-3)11-14-7-10-20-16(18)12-14/h7,10,12-13,15,19H,4-6,8-9,11H2,1-3H3,(H2,18,20). The van der Waals surface area contributed by atoms with Crippen molar-refractivity contribution in [3.63, 3.8) is 0 Å². The Morgan fingerprint density at radius 2 is 2.19 bits per heavy atom. The monoisotopic (exact) mass is 291 g/mol. The molecule has 0 aliphatic heterocycles. The van der Waals surface area contributed by atoms with Crippen LogP contribution in [-0.2, 0) is 11.2 Å². The van der Waals surface area contributed by atoms with Crippen LogP contribution in [0.5, 0.6) is 0 Å². The molecule has 118 valence electrons. The first-order chi connectivity index (χ1) is 10.1. The Hall–Kier alpha value is -1.13. The van der Waals surface area contributed by atoms with Crippen LogP contribution < -0.4 is 11.1 Å². The van der Waals surface area contributed by atoms with Gasteiger partial charge in [-0.3, -0.25) is 0 Å². The van der Waals surface area contributed by atoms with Crippen molar-refractivity contribution in [2.24, 2.45) is 5.92 Å². The molecule has 4 heteroatoms. The second-order valence-electron chi connectivity index (χ2n) is 6.31. The second kappa shape index (κ2) is 7.23. The van der Waals surface area contributed by atoms with Crippen molar-refractivity contribution in [2.45, 2.75) is 57.6 Å². The molecule has 1 aliphatic rings. The molecule has 1 aromatic rings. The van der Waals surface area contributed by atoms with Gasteiger partial charge in [-0.15, -0.1) is 0 Å². The van der Waals surface area contributed by atoms with E-state index in [2.05, 4.69) is 24.1 Å². The summed E-state index contributed by atoms with van der Waals surface area (Å²) in [4.78, 5) is 4.08. The number of nitrogens with one attached hydrogen (secondary N) is 1. The zero-order valence-corrected chi connectivity index (χ0v) is 13.6. The van der Waals surface area contributed by atoms with Crippen LogP contribution >= 0.6 is 0 Å². The van der Waals surface area contributed by atoms with Crippen LogP contribution in [0.1, 0.15) is 45.1 Å². The van der Waals surface area contributed by atoms with Crippen LogP contribution in [0.2, 0.25) is 0 Å². The summed E-state index contributed by atoms with van der Waals surface area (Å²) < 4.78 is 6.26. The molecular formula is C17H29N3O. The Labute approximate surface area is 128 Å². The van der Waals surface area contributed by atoms with Crippen molar-refractivity contribution < 1.29 is 4.74 Å². The Kier molecular flexibility index (Phi) is 5.59. The quantitative estimate of drug-likeness (QED) is 0.846. The van der Waals surface area contributed by atoms with Crippen LogP contribution in [0.25, 0.3) is 0 Å². The van der Waals surface area contributed by atoms with E-state index in [9.17, 15) is 0 Å². The molecule has 1 fully saturated rings. The number of nitrogens with two attached hydrogens (primary N) is 1. The largest absolute Gasteiger partial charge is 0.384 e. The average molecular weight is 291 g/mol. The molecule has 0 aromatic carbocycles. The molecule has 0 radical (unpaired) electrons. The maximum absolute atomic E-state index is 6.26. The molecule has 1 aromatic heterocycles. The molecule has 1 atom stereocenters. The molecule has 1 unspecified atom stereocenters. The molecule has 21 heavy (non-hydrogen) atoms. The Balaban J connectivity index is 2.15. The predicted octanol–water partition coefficient (Wildman–Crippen LogP) is 2.78. The highest BCUT2D eigenvalue weighted by Gasteiger charge is 2.41. The molecule has 2 rings (SSSR count). The topological polar surface area (TPSA) is 60.2 Å². The summed E-state index contributed by atoms with van der Waals surface area (Å²) in [5.74, 6) is 1.40. The van der Waals surface area contributed by atoms with E-state index in [-0.39, 0.29) is 5.60 Å². The minimum atomic E-state index is -0.0476. The summed E-state index contributed by atoms with van der Waals surface area (Å²) >= 11 is 0. The first kappa shape index (κ1) is 16.2. The van der Waals surface area contributed by atoms with Gasteiger partial charge in [-0.2, -0.15) is 0 Å². The van der Waals surface area contributed by atoms with Gasteiger partial charge in [0, 0.05) is 18.8 Å². The van der Waals surface area contributed by atoms with Gasteiger partial charge in [0.1, 0.15) is 5.82 Å². The minimum absolute atomic E-state index is 0.0476. The third kappa shape index (κ3) is 3.95. The van der Waals surface area contributed by atoms with Crippen molar-refractivity contribution in [2.75, 3.05) is 19.4 Å². The molecule has 1 saturated carbocycles. The van der Waals surface area contributed by atoms with Crippen molar-refractivity contribution >= 4 is 5.82 Å². The number of aromatic nitrogens is 1. The first-order valence-corrected chi connectivity index (χ1v) is 8.11. The summed E-state index contributed by atoms with van der Waals surface area (Å²) in [5.41, 5.74) is 6.98. The van der Waals surface area contributed by atoms with E-state index < -0.39 is 0 Å². The molecule has 0 bridgehead atoms. The zero-order valence-electron chi connectivity index (χ0n) is 13.6. The third-order valence-electron chi connectivity index (χ3n) is 4.82. The molecule has 0 saturated heterocycles. The van der Waals surface area contributed by atoms with Gasteiger partial charge >= 0.3 is 0 Å². The Bertz CT molecular complexity index is 441. The van der Waals surface area contributed by atoms with Crippen LogP contribution in [0, 0.1) is 5.92 Å². The van der Waals surface area contributed by atoms with E-state index in [1.54, 1.807) is 6.20 Å². The fraction of sp³-hybridized carbons (Fsp3) is 0.706. The van der Waals surface area contributed by atoms with Crippen molar-refractivity contribution in [3.8, 4) is 0 Å². The maximum atomic E-state index is 6.26. The predicted molar refractivity (Wildman–Crippen MR) is 87.2 cm³/mol. The van der Waals surface area contributed by atoms with Gasteiger partial charge in [0.05, 0.1) is 5.60 Å². The lowest BCUT2D eigenvalue weighted by atomic mass is 9.74. The smallest absolute Gasteiger partial charge is 0.123 e. The van der Waals surface area contributed by atoms with Gasteiger partial charge < -0.3 is 15.8 Å². The van der Waals surface area contributed by atoms with Gasteiger partial charge in [0.2, 0.25) is 0 Å².